The topological polar surface area (TPSA) is 132 Å². The third-order valence-corrected chi connectivity index (χ3v) is 10.9. The second-order valence-electron chi connectivity index (χ2n) is 8.60. The molecule has 0 bridgehead atoms. The lowest BCUT2D eigenvalue weighted by molar-refractivity contribution is -0.202. The average molecular weight is 578 g/mol. The van der Waals surface area contributed by atoms with E-state index in [1.807, 2.05) is 0 Å². The van der Waals surface area contributed by atoms with Crippen molar-refractivity contribution in [1.82, 2.24) is 14.1 Å². The van der Waals surface area contributed by atoms with Crippen molar-refractivity contribution in [3.63, 3.8) is 0 Å². The maximum absolute atomic E-state index is 14.2. The fourth-order valence-corrected chi connectivity index (χ4v) is 7.92. The Morgan fingerprint density at radius 3 is 2.59 bits per heavy atom. The zero-order chi connectivity index (χ0) is 26.8. The van der Waals surface area contributed by atoms with Gasteiger partial charge in [0.1, 0.15) is 10.3 Å². The summed E-state index contributed by atoms with van der Waals surface area (Å²) in [6, 6.07) is 5.84. The number of piperazine rings is 1. The van der Waals surface area contributed by atoms with E-state index in [1.165, 1.54) is 25.3 Å². The predicted molar refractivity (Wildman–Crippen MR) is 133 cm³/mol. The minimum Gasteiger partial charge on any atom is -0.494 e. The number of methoxy groups -OCH3 is 1. The molecule has 2 unspecified atom stereocenters. The van der Waals surface area contributed by atoms with Crippen molar-refractivity contribution < 1.29 is 40.3 Å². The van der Waals surface area contributed by atoms with Crippen LogP contribution in [0.1, 0.15) is 19.3 Å². The number of nitrogens with zero attached hydrogens (tertiary/aromatic N) is 2. The second-order valence-corrected chi connectivity index (χ2v) is 13.8. The normalized spacial score (nSPS) is 22.0. The van der Waals surface area contributed by atoms with Gasteiger partial charge < -0.3 is 9.47 Å². The van der Waals surface area contributed by atoms with E-state index in [0.29, 0.717) is 23.5 Å². The number of amides is 1. The molecule has 11 nitrogen and oxygen atoms in total. The molecule has 4 rings (SSSR count). The molecule has 0 spiro atoms. The Bertz CT molecular complexity index is 1340. The number of carbonyl (C=O) groups is 1. The largest absolute Gasteiger partial charge is 0.494 e. The van der Waals surface area contributed by atoms with Crippen LogP contribution in [0.15, 0.2) is 34.5 Å². The lowest BCUT2D eigenvalue weighted by Crippen LogP contribution is -2.61. The van der Waals surface area contributed by atoms with Crippen molar-refractivity contribution in [3.8, 4) is 16.2 Å². The van der Waals surface area contributed by atoms with Gasteiger partial charge in [-0.05, 0) is 48.7 Å². The number of carbonyl (C=O) groups excluding carboxylic acids is 1. The van der Waals surface area contributed by atoms with Gasteiger partial charge in [0, 0.05) is 37.5 Å². The van der Waals surface area contributed by atoms with Crippen LogP contribution in [0.2, 0.25) is 0 Å². The van der Waals surface area contributed by atoms with Gasteiger partial charge in [-0.1, -0.05) is 0 Å². The summed E-state index contributed by atoms with van der Waals surface area (Å²) in [6.45, 7) is -0.250. The van der Waals surface area contributed by atoms with E-state index in [-0.39, 0.29) is 29.6 Å². The molecular formula is C22H28FN3O8S3. The van der Waals surface area contributed by atoms with Crippen molar-refractivity contribution in [1.29, 1.82) is 0 Å². The van der Waals surface area contributed by atoms with Crippen molar-refractivity contribution in [2.45, 2.75) is 35.8 Å². The molecule has 1 amide bonds. The van der Waals surface area contributed by atoms with E-state index in [0.717, 1.165) is 39.0 Å². The van der Waals surface area contributed by atoms with Gasteiger partial charge in [-0.2, -0.15) is 8.61 Å². The van der Waals surface area contributed by atoms with Crippen LogP contribution in [-0.4, -0.2) is 83.3 Å². The highest BCUT2D eigenvalue weighted by atomic mass is 32.2. The number of thiophene rings is 1. The third-order valence-electron chi connectivity index (χ3n) is 6.08. The highest BCUT2D eigenvalue weighted by Crippen LogP contribution is 2.35. The monoisotopic (exact) mass is 577 g/mol. The summed E-state index contributed by atoms with van der Waals surface area (Å²) in [5.74, 6) is -1.33. The van der Waals surface area contributed by atoms with E-state index < -0.39 is 44.1 Å². The van der Waals surface area contributed by atoms with Crippen LogP contribution in [-0.2, 0) is 34.4 Å². The van der Waals surface area contributed by atoms with E-state index in [9.17, 15) is 26.0 Å². The summed E-state index contributed by atoms with van der Waals surface area (Å²) < 4.78 is 78.0. The van der Waals surface area contributed by atoms with E-state index in [1.54, 1.807) is 12.1 Å². The predicted octanol–water partition coefficient (Wildman–Crippen LogP) is 1.77. The van der Waals surface area contributed by atoms with Crippen LogP contribution in [0, 0.1) is 5.82 Å². The van der Waals surface area contributed by atoms with Gasteiger partial charge in [0.15, 0.2) is 17.9 Å². The number of hydrogen-bond donors (Lipinski definition) is 1. The fourth-order valence-electron chi connectivity index (χ4n) is 4.09. The molecule has 2 aromatic rings. The molecule has 37 heavy (non-hydrogen) atoms. The quantitative estimate of drug-likeness (QED) is 0.470. The summed E-state index contributed by atoms with van der Waals surface area (Å²) in [6.07, 6.45) is 2.62. The van der Waals surface area contributed by atoms with Gasteiger partial charge in [-0.3, -0.25) is 4.79 Å². The molecule has 2 aliphatic heterocycles. The first-order valence-corrected chi connectivity index (χ1v) is 15.6. The van der Waals surface area contributed by atoms with Gasteiger partial charge in [0.2, 0.25) is 10.0 Å². The number of hydroxylamine groups is 1. The van der Waals surface area contributed by atoms with Gasteiger partial charge in [0.25, 0.3) is 15.9 Å². The van der Waals surface area contributed by atoms with Gasteiger partial charge in [0.05, 0.1) is 13.4 Å². The minimum atomic E-state index is -4.21. The van der Waals surface area contributed by atoms with Crippen LogP contribution in [0.3, 0.4) is 0 Å². The first-order chi connectivity index (χ1) is 17.5. The Labute approximate surface area is 219 Å². The van der Waals surface area contributed by atoms with E-state index in [4.69, 9.17) is 14.3 Å². The number of benzene rings is 1. The molecule has 3 heterocycles. The van der Waals surface area contributed by atoms with Crippen LogP contribution in [0.4, 0.5) is 4.39 Å². The molecule has 1 aromatic heterocycles. The number of rotatable bonds is 8. The Balaban J connectivity index is 1.58. The lowest BCUT2D eigenvalue weighted by Gasteiger charge is -2.38. The smallest absolute Gasteiger partial charge is 0.263 e. The zero-order valence-corrected chi connectivity index (χ0v) is 22.7. The van der Waals surface area contributed by atoms with Crippen molar-refractivity contribution in [2.24, 2.45) is 0 Å². The third kappa shape index (κ3) is 6.30. The second kappa shape index (κ2) is 11.3. The molecule has 0 aliphatic carbocycles. The molecular weight excluding hydrogens is 549 g/mol. The fraction of sp³-hybridized carbons (Fsp3) is 0.500. The van der Waals surface area contributed by atoms with E-state index in [2.05, 4.69) is 5.48 Å². The molecule has 2 aliphatic rings. The van der Waals surface area contributed by atoms with Crippen LogP contribution in [0.5, 0.6) is 5.75 Å². The van der Waals surface area contributed by atoms with Gasteiger partial charge >= 0.3 is 0 Å². The van der Waals surface area contributed by atoms with Crippen molar-refractivity contribution in [2.75, 3.05) is 39.6 Å². The number of hydrogen-bond acceptors (Lipinski definition) is 9. The van der Waals surface area contributed by atoms with Gasteiger partial charge in [-0.15, -0.1) is 11.3 Å². The molecule has 204 valence electrons. The molecule has 0 saturated carbocycles. The Hall–Kier alpha value is -2.14. The number of ether oxygens (including phenoxy) is 2. The Kier molecular flexibility index (Phi) is 8.52. The lowest BCUT2D eigenvalue weighted by atomic mass is 10.2. The van der Waals surface area contributed by atoms with Crippen molar-refractivity contribution in [3.05, 3.63) is 36.1 Å². The van der Waals surface area contributed by atoms with Crippen LogP contribution < -0.4 is 10.2 Å². The van der Waals surface area contributed by atoms with Crippen LogP contribution >= 0.6 is 11.3 Å². The van der Waals surface area contributed by atoms with Gasteiger partial charge in [-0.25, -0.2) is 31.5 Å². The van der Waals surface area contributed by atoms with Crippen molar-refractivity contribution >= 4 is 37.3 Å². The standard InChI is InChI=1S/C22H28FN3O8S3/c1-32-18-7-6-15(13-16(18)23)19-8-9-21(35-19)37(30,31)26-11-10-25(36(2,28)29)14-17(26)22(27)24-34-20-5-3-4-12-33-20/h6-9,13,17,20H,3-5,10-12,14H2,1-2H3,(H,24,27). The molecule has 1 N–H and O–H groups in total. The highest BCUT2D eigenvalue weighted by Gasteiger charge is 2.43. The Morgan fingerprint density at radius 2 is 1.95 bits per heavy atom. The number of nitrogens with one attached hydrogen (secondary N) is 1. The number of sulfonamides is 2. The maximum atomic E-state index is 14.2. The molecule has 2 saturated heterocycles. The maximum Gasteiger partial charge on any atom is 0.263 e. The summed E-state index contributed by atoms with van der Waals surface area (Å²) in [7, 11) is -6.55. The number of halogens is 1. The average Bonchev–Trinajstić information content (AvgIpc) is 3.38. The highest BCUT2D eigenvalue weighted by molar-refractivity contribution is 7.91. The first kappa shape index (κ1) is 27.9. The Morgan fingerprint density at radius 1 is 1.16 bits per heavy atom. The SMILES string of the molecule is COc1ccc(-c2ccc(S(=O)(=O)N3CCN(S(C)(=O)=O)CC3C(=O)NOC3CCCCO3)s2)cc1F. The summed E-state index contributed by atoms with van der Waals surface area (Å²) in [4.78, 5) is 18.9. The minimum absolute atomic E-state index is 0.0617. The molecule has 2 fully saturated rings. The summed E-state index contributed by atoms with van der Waals surface area (Å²) >= 11 is 0.913. The van der Waals surface area contributed by atoms with E-state index >= 15 is 0 Å². The molecule has 15 heteroatoms. The summed E-state index contributed by atoms with van der Waals surface area (Å²) in [5, 5.41) is 0. The van der Waals surface area contributed by atoms with Crippen LogP contribution in [0.25, 0.3) is 10.4 Å². The molecule has 0 radical (unpaired) electrons. The summed E-state index contributed by atoms with van der Waals surface area (Å²) in [5.41, 5.74) is 2.71. The molecule has 1 aromatic carbocycles. The molecule has 2 atom stereocenters. The first-order valence-electron chi connectivity index (χ1n) is 11.5. The zero-order valence-electron chi connectivity index (χ0n) is 20.3.